The van der Waals surface area contributed by atoms with Crippen molar-refractivity contribution in [2.75, 3.05) is 0 Å². The van der Waals surface area contributed by atoms with Gasteiger partial charge in [0.1, 0.15) is 0 Å². The zero-order valence-corrected chi connectivity index (χ0v) is 34.1. The lowest BCUT2D eigenvalue weighted by atomic mass is 9.77. The Morgan fingerprint density at radius 2 is 1.10 bits per heavy atom. The van der Waals surface area contributed by atoms with E-state index in [0.717, 1.165) is 84.1 Å². The summed E-state index contributed by atoms with van der Waals surface area (Å²) in [6, 6.07) is 59.1. The van der Waals surface area contributed by atoms with Crippen LogP contribution in [-0.4, -0.2) is 30.0 Å². The van der Waals surface area contributed by atoms with Gasteiger partial charge in [0.05, 0.1) is 18.9 Å². The second-order valence-corrected chi connectivity index (χ2v) is 15.2. The first-order valence-corrected chi connectivity index (χ1v) is 21.0. The first-order chi connectivity index (χ1) is 29.2. The second-order valence-electron chi connectivity index (χ2n) is 15.2. The van der Waals surface area contributed by atoms with E-state index in [4.69, 9.17) is 25.2 Å². The summed E-state index contributed by atoms with van der Waals surface area (Å²) in [6.07, 6.45) is 6.32. The average molecular weight is 777 g/mol. The Labute approximate surface area is 348 Å². The molecule has 0 radical (unpaired) electrons. The fourth-order valence-corrected chi connectivity index (χ4v) is 8.15. The normalized spacial score (nSPS) is 11.6. The van der Waals surface area contributed by atoms with Gasteiger partial charge in [0.2, 0.25) is 5.82 Å². The molecule has 7 heteroatoms. The Morgan fingerprint density at radius 1 is 0.542 bits per heavy atom. The van der Waals surface area contributed by atoms with E-state index >= 15 is 0 Å². The van der Waals surface area contributed by atoms with E-state index in [1.54, 1.807) is 4.80 Å². The summed E-state index contributed by atoms with van der Waals surface area (Å²) in [7, 11) is 0. The van der Waals surface area contributed by atoms with E-state index in [1.807, 2.05) is 30.3 Å². The standard InChI is InChI=1S/C52H52N6O/c1-3-5-31-50-48(49(54-57(50)36-6-4-2)39-59-38-41-21-11-7-12-22-41)37-40-32-34-42(35-33-40)46-29-19-20-30-47(46)51-53-56-58(55-51)52(43-23-13-8-14-24-43,44-25-15-9-16-26-44)45-27-17-10-18-28-45/h7-30,32-35H,3-6,31,36-39H2,1-2H3. The summed E-state index contributed by atoms with van der Waals surface area (Å²) < 4.78 is 8.56. The third kappa shape index (κ3) is 8.57. The zero-order chi connectivity index (χ0) is 40.3. The van der Waals surface area contributed by atoms with Crippen molar-refractivity contribution in [3.05, 3.63) is 215 Å². The van der Waals surface area contributed by atoms with Crippen LogP contribution < -0.4 is 0 Å². The lowest BCUT2D eigenvalue weighted by molar-refractivity contribution is 0.103. The minimum Gasteiger partial charge on any atom is -0.370 e. The Balaban J connectivity index is 1.12. The summed E-state index contributed by atoms with van der Waals surface area (Å²) in [5.41, 5.74) is 11.5. The highest BCUT2D eigenvalue weighted by molar-refractivity contribution is 5.80. The molecule has 0 unspecified atom stereocenters. The van der Waals surface area contributed by atoms with E-state index in [-0.39, 0.29) is 0 Å². The van der Waals surface area contributed by atoms with Crippen LogP contribution in [0.25, 0.3) is 22.5 Å². The largest absolute Gasteiger partial charge is 0.370 e. The number of benzene rings is 6. The molecule has 0 atom stereocenters. The lowest BCUT2D eigenvalue weighted by Gasteiger charge is -2.34. The number of hydrogen-bond acceptors (Lipinski definition) is 5. The van der Waals surface area contributed by atoms with Crippen molar-refractivity contribution in [1.29, 1.82) is 0 Å². The SMILES string of the molecule is CCCCc1c(Cc2ccc(-c3ccccc3-c3nnn(C(c4ccccc4)(c4ccccc4)c4ccccc4)n3)cc2)c(COCc2ccccc2)nn1CCCC. The van der Waals surface area contributed by atoms with E-state index in [1.165, 1.54) is 22.4 Å². The van der Waals surface area contributed by atoms with Crippen molar-refractivity contribution in [2.24, 2.45) is 0 Å². The van der Waals surface area contributed by atoms with Crippen LogP contribution in [0.3, 0.4) is 0 Å². The van der Waals surface area contributed by atoms with Crippen LogP contribution >= 0.6 is 0 Å². The molecular weight excluding hydrogens is 725 g/mol. The molecular formula is C52H52N6O. The molecule has 0 saturated heterocycles. The molecule has 7 nitrogen and oxygen atoms in total. The van der Waals surface area contributed by atoms with Crippen LogP contribution in [0, 0.1) is 0 Å². The number of unbranched alkanes of at least 4 members (excludes halogenated alkanes) is 2. The van der Waals surface area contributed by atoms with Crippen LogP contribution in [0.4, 0.5) is 0 Å². The first-order valence-electron chi connectivity index (χ1n) is 21.0. The summed E-state index contributed by atoms with van der Waals surface area (Å²) in [5, 5.41) is 20.0. The first kappa shape index (κ1) is 39.4. The predicted octanol–water partition coefficient (Wildman–Crippen LogP) is 11.5. The molecule has 2 aromatic heterocycles. The Morgan fingerprint density at radius 3 is 1.69 bits per heavy atom. The van der Waals surface area contributed by atoms with Crippen molar-refractivity contribution >= 4 is 0 Å². The Bertz CT molecular complexity index is 2420. The number of rotatable bonds is 18. The third-order valence-corrected chi connectivity index (χ3v) is 11.2. The van der Waals surface area contributed by atoms with E-state index in [9.17, 15) is 0 Å². The second kappa shape index (κ2) is 18.9. The summed E-state index contributed by atoms with van der Waals surface area (Å²) in [5.74, 6) is 0.567. The van der Waals surface area contributed by atoms with Crippen molar-refractivity contribution in [3.63, 3.8) is 0 Å². The van der Waals surface area contributed by atoms with Crippen LogP contribution in [0.5, 0.6) is 0 Å². The fraction of sp³-hybridized carbons (Fsp3) is 0.231. The van der Waals surface area contributed by atoms with Gasteiger partial charge in [-0.05, 0) is 63.4 Å². The topological polar surface area (TPSA) is 70.7 Å². The smallest absolute Gasteiger partial charge is 0.205 e. The van der Waals surface area contributed by atoms with Crippen molar-refractivity contribution in [2.45, 2.75) is 77.7 Å². The number of tetrazole rings is 1. The molecule has 8 rings (SSSR count). The van der Waals surface area contributed by atoms with E-state index in [2.05, 4.69) is 158 Å². The molecule has 0 aliphatic carbocycles. The number of ether oxygens (including phenoxy) is 1. The summed E-state index contributed by atoms with van der Waals surface area (Å²) in [4.78, 5) is 1.79. The molecule has 6 aromatic carbocycles. The highest BCUT2D eigenvalue weighted by Gasteiger charge is 2.41. The van der Waals surface area contributed by atoms with Crippen LogP contribution in [0.1, 0.15) is 84.3 Å². The van der Waals surface area contributed by atoms with Gasteiger partial charge in [0.25, 0.3) is 0 Å². The number of aryl methyl sites for hydroxylation is 1. The van der Waals surface area contributed by atoms with Crippen molar-refractivity contribution < 1.29 is 4.74 Å². The van der Waals surface area contributed by atoms with Gasteiger partial charge in [0.15, 0.2) is 5.54 Å². The fourth-order valence-electron chi connectivity index (χ4n) is 8.15. The van der Waals surface area contributed by atoms with Gasteiger partial charge in [-0.25, -0.2) is 0 Å². The van der Waals surface area contributed by atoms with Gasteiger partial charge in [-0.15, -0.1) is 15.0 Å². The molecule has 0 aliphatic rings. The quantitative estimate of drug-likeness (QED) is 0.0812. The third-order valence-electron chi connectivity index (χ3n) is 11.2. The Kier molecular flexibility index (Phi) is 12.6. The minimum atomic E-state index is -0.850. The van der Waals surface area contributed by atoms with Crippen molar-refractivity contribution in [1.82, 2.24) is 30.0 Å². The molecule has 8 aromatic rings. The van der Waals surface area contributed by atoms with Gasteiger partial charge >= 0.3 is 0 Å². The molecule has 296 valence electrons. The summed E-state index contributed by atoms with van der Waals surface area (Å²) >= 11 is 0. The molecule has 0 bridgehead atoms. The van der Waals surface area contributed by atoms with Gasteiger partial charge < -0.3 is 4.74 Å². The Hall–Kier alpha value is -6.44. The molecule has 0 spiro atoms. The van der Waals surface area contributed by atoms with E-state index in [0.29, 0.717) is 19.0 Å². The van der Waals surface area contributed by atoms with Crippen LogP contribution in [0.2, 0.25) is 0 Å². The molecule has 59 heavy (non-hydrogen) atoms. The van der Waals surface area contributed by atoms with Crippen LogP contribution in [-0.2, 0) is 42.9 Å². The minimum absolute atomic E-state index is 0.488. The maximum absolute atomic E-state index is 6.30. The molecule has 0 fully saturated rings. The predicted molar refractivity (Wildman–Crippen MR) is 237 cm³/mol. The molecule has 0 aliphatic heterocycles. The molecule has 0 amide bonds. The number of hydrogen-bond donors (Lipinski definition) is 0. The highest BCUT2D eigenvalue weighted by Crippen LogP contribution is 2.40. The average Bonchev–Trinajstić information content (AvgIpc) is 3.92. The van der Waals surface area contributed by atoms with Crippen LogP contribution in [0.15, 0.2) is 170 Å². The highest BCUT2D eigenvalue weighted by atomic mass is 16.5. The maximum Gasteiger partial charge on any atom is 0.205 e. The number of aromatic nitrogens is 6. The summed E-state index contributed by atoms with van der Waals surface area (Å²) in [6.45, 7) is 6.48. The van der Waals surface area contributed by atoms with Gasteiger partial charge in [0, 0.05) is 29.8 Å². The maximum atomic E-state index is 6.30. The molecule has 0 N–H and O–H groups in total. The van der Waals surface area contributed by atoms with Crippen molar-refractivity contribution in [3.8, 4) is 22.5 Å². The monoisotopic (exact) mass is 776 g/mol. The molecule has 0 saturated carbocycles. The lowest BCUT2D eigenvalue weighted by Crippen LogP contribution is -2.39. The number of nitrogens with zero attached hydrogens (tertiary/aromatic N) is 6. The van der Waals surface area contributed by atoms with Gasteiger partial charge in [-0.3, -0.25) is 4.68 Å². The molecule has 2 heterocycles. The zero-order valence-electron chi connectivity index (χ0n) is 34.1. The van der Waals surface area contributed by atoms with E-state index < -0.39 is 5.54 Å². The van der Waals surface area contributed by atoms with Gasteiger partial charge in [-0.1, -0.05) is 197 Å². The van der Waals surface area contributed by atoms with Gasteiger partial charge in [-0.2, -0.15) is 5.10 Å².